The van der Waals surface area contributed by atoms with Crippen LogP contribution in [0.5, 0.6) is 0 Å². The molecule has 16 heavy (non-hydrogen) atoms. The maximum Gasteiger partial charge on any atom is 0.271 e. The van der Waals surface area contributed by atoms with Crippen LogP contribution in [0.3, 0.4) is 0 Å². The highest BCUT2D eigenvalue weighted by molar-refractivity contribution is 6.33. The molecule has 0 aliphatic heterocycles. The lowest BCUT2D eigenvalue weighted by Gasteiger charge is -2.08. The standard InChI is InChI=1S/C10H10ClN3O2/c1-7(5-12)6-13-10-3-2-8(14(15)16)4-9(10)11/h2-4,7,13H,6H2,1H3/t7-/m1/s1. The topological polar surface area (TPSA) is 79.0 Å². The van der Waals surface area contributed by atoms with Gasteiger partial charge in [0.15, 0.2) is 0 Å². The van der Waals surface area contributed by atoms with Gasteiger partial charge in [-0.15, -0.1) is 0 Å². The van der Waals surface area contributed by atoms with Crippen molar-refractivity contribution in [1.82, 2.24) is 0 Å². The van der Waals surface area contributed by atoms with Crippen LogP contribution in [0.4, 0.5) is 11.4 Å². The van der Waals surface area contributed by atoms with Crippen molar-refractivity contribution in [3.8, 4) is 6.07 Å². The molecule has 1 N–H and O–H groups in total. The molecule has 0 saturated heterocycles. The van der Waals surface area contributed by atoms with E-state index in [9.17, 15) is 10.1 Å². The lowest BCUT2D eigenvalue weighted by atomic mass is 10.2. The molecule has 5 nitrogen and oxygen atoms in total. The Hall–Kier alpha value is -1.80. The van der Waals surface area contributed by atoms with Crippen LogP contribution in [-0.4, -0.2) is 11.5 Å². The third-order valence-corrected chi connectivity index (χ3v) is 2.30. The van der Waals surface area contributed by atoms with E-state index in [4.69, 9.17) is 16.9 Å². The Bertz CT molecular complexity index is 442. The van der Waals surface area contributed by atoms with Crippen molar-refractivity contribution in [3.63, 3.8) is 0 Å². The number of nitrogens with zero attached hydrogens (tertiary/aromatic N) is 2. The van der Waals surface area contributed by atoms with Crippen LogP contribution in [0.15, 0.2) is 18.2 Å². The predicted molar refractivity (Wildman–Crippen MR) is 61.4 cm³/mol. The molecule has 0 fully saturated rings. The monoisotopic (exact) mass is 239 g/mol. The number of halogens is 1. The molecule has 0 radical (unpaired) electrons. The first-order valence-electron chi connectivity index (χ1n) is 4.62. The minimum absolute atomic E-state index is 0.0520. The highest BCUT2D eigenvalue weighted by Gasteiger charge is 2.09. The van der Waals surface area contributed by atoms with E-state index in [1.807, 2.05) is 0 Å². The van der Waals surface area contributed by atoms with E-state index in [1.165, 1.54) is 18.2 Å². The van der Waals surface area contributed by atoms with Gasteiger partial charge in [0.05, 0.1) is 27.6 Å². The first-order chi connectivity index (χ1) is 7.54. The number of nitriles is 1. The molecule has 0 bridgehead atoms. The Balaban J connectivity index is 2.76. The van der Waals surface area contributed by atoms with Crippen LogP contribution in [0.25, 0.3) is 0 Å². The molecule has 0 aliphatic carbocycles. The number of nitro groups is 1. The second-order valence-electron chi connectivity index (χ2n) is 3.33. The fourth-order valence-electron chi connectivity index (χ4n) is 1.07. The van der Waals surface area contributed by atoms with E-state index in [2.05, 4.69) is 11.4 Å². The molecule has 1 atom stereocenters. The molecule has 1 aromatic carbocycles. The molecule has 0 aromatic heterocycles. The molecule has 0 heterocycles. The van der Waals surface area contributed by atoms with Crippen molar-refractivity contribution in [1.29, 1.82) is 5.26 Å². The first kappa shape index (κ1) is 12.3. The average molecular weight is 240 g/mol. The Kier molecular flexibility index (Phi) is 4.09. The molecule has 0 unspecified atom stereocenters. The number of nitro benzene ring substituents is 1. The minimum atomic E-state index is -0.506. The Morgan fingerprint density at radius 2 is 2.38 bits per heavy atom. The van der Waals surface area contributed by atoms with E-state index >= 15 is 0 Å². The van der Waals surface area contributed by atoms with Gasteiger partial charge in [0.25, 0.3) is 5.69 Å². The molecule has 1 rings (SSSR count). The maximum atomic E-state index is 10.5. The lowest BCUT2D eigenvalue weighted by molar-refractivity contribution is -0.384. The second-order valence-corrected chi connectivity index (χ2v) is 3.74. The number of benzene rings is 1. The third-order valence-electron chi connectivity index (χ3n) is 1.98. The van der Waals surface area contributed by atoms with Crippen LogP contribution in [0.2, 0.25) is 5.02 Å². The molecular weight excluding hydrogens is 230 g/mol. The normalized spacial score (nSPS) is 11.6. The Morgan fingerprint density at radius 3 is 2.88 bits per heavy atom. The van der Waals surface area contributed by atoms with Gasteiger partial charge < -0.3 is 5.32 Å². The van der Waals surface area contributed by atoms with Crippen molar-refractivity contribution in [2.75, 3.05) is 11.9 Å². The smallest absolute Gasteiger partial charge is 0.271 e. The summed E-state index contributed by atoms with van der Waals surface area (Å²) in [4.78, 5) is 9.95. The average Bonchev–Trinajstić information content (AvgIpc) is 2.26. The van der Waals surface area contributed by atoms with E-state index in [1.54, 1.807) is 6.92 Å². The highest BCUT2D eigenvalue weighted by atomic mass is 35.5. The summed E-state index contributed by atoms with van der Waals surface area (Å²) in [5, 5.41) is 22.3. The second kappa shape index (κ2) is 5.33. The number of anilines is 1. The quantitative estimate of drug-likeness (QED) is 0.647. The Labute approximate surface area is 97.8 Å². The van der Waals surface area contributed by atoms with Crippen LogP contribution in [0.1, 0.15) is 6.92 Å². The summed E-state index contributed by atoms with van der Waals surface area (Å²) in [6, 6.07) is 6.25. The highest BCUT2D eigenvalue weighted by Crippen LogP contribution is 2.26. The molecule has 0 aliphatic rings. The summed E-state index contributed by atoms with van der Waals surface area (Å²) in [5.74, 6) is -0.147. The van der Waals surface area contributed by atoms with Crippen LogP contribution >= 0.6 is 11.6 Å². The van der Waals surface area contributed by atoms with Gasteiger partial charge in [0.1, 0.15) is 0 Å². The first-order valence-corrected chi connectivity index (χ1v) is 5.00. The number of hydrogen-bond acceptors (Lipinski definition) is 4. The van der Waals surface area contributed by atoms with Crippen molar-refractivity contribution >= 4 is 23.0 Å². The van der Waals surface area contributed by atoms with Crippen LogP contribution < -0.4 is 5.32 Å². The van der Waals surface area contributed by atoms with Gasteiger partial charge in [0, 0.05) is 18.7 Å². The van der Waals surface area contributed by atoms with Gasteiger partial charge in [-0.25, -0.2) is 0 Å². The molecule has 84 valence electrons. The largest absolute Gasteiger partial charge is 0.383 e. The van der Waals surface area contributed by atoms with Gasteiger partial charge in [-0.3, -0.25) is 10.1 Å². The van der Waals surface area contributed by atoms with Crippen molar-refractivity contribution < 1.29 is 4.92 Å². The number of nitrogens with one attached hydrogen (secondary N) is 1. The molecular formula is C10H10ClN3O2. The van der Waals surface area contributed by atoms with E-state index in [0.29, 0.717) is 12.2 Å². The van der Waals surface area contributed by atoms with Crippen molar-refractivity contribution in [2.24, 2.45) is 5.92 Å². The van der Waals surface area contributed by atoms with Gasteiger partial charge in [-0.1, -0.05) is 11.6 Å². The third kappa shape index (κ3) is 3.11. The number of rotatable bonds is 4. The van der Waals surface area contributed by atoms with Crippen molar-refractivity contribution in [3.05, 3.63) is 33.3 Å². The zero-order chi connectivity index (χ0) is 12.1. The fraction of sp³-hybridized carbons (Fsp3) is 0.300. The summed E-state index contributed by atoms with van der Waals surface area (Å²) in [6.07, 6.45) is 0. The van der Waals surface area contributed by atoms with Gasteiger partial charge in [0.2, 0.25) is 0 Å². The molecule has 0 amide bonds. The van der Waals surface area contributed by atoms with Crippen LogP contribution in [0, 0.1) is 27.4 Å². The summed E-state index contributed by atoms with van der Waals surface area (Å²) >= 11 is 5.85. The maximum absolute atomic E-state index is 10.5. The summed E-state index contributed by atoms with van der Waals surface area (Å²) < 4.78 is 0. The Morgan fingerprint density at radius 1 is 1.69 bits per heavy atom. The lowest BCUT2D eigenvalue weighted by Crippen LogP contribution is -2.09. The summed E-state index contributed by atoms with van der Waals surface area (Å²) in [6.45, 7) is 2.22. The van der Waals surface area contributed by atoms with Gasteiger partial charge in [-0.05, 0) is 13.0 Å². The van der Waals surface area contributed by atoms with Gasteiger partial charge >= 0.3 is 0 Å². The summed E-state index contributed by atoms with van der Waals surface area (Å²) in [7, 11) is 0. The molecule has 1 aromatic rings. The molecule has 0 saturated carbocycles. The van der Waals surface area contributed by atoms with Crippen molar-refractivity contribution in [2.45, 2.75) is 6.92 Å². The van der Waals surface area contributed by atoms with E-state index < -0.39 is 4.92 Å². The zero-order valence-electron chi connectivity index (χ0n) is 8.61. The minimum Gasteiger partial charge on any atom is -0.383 e. The number of hydrogen-bond donors (Lipinski definition) is 1. The van der Waals surface area contributed by atoms with Gasteiger partial charge in [-0.2, -0.15) is 5.26 Å². The molecule has 0 spiro atoms. The molecule has 6 heteroatoms. The zero-order valence-corrected chi connectivity index (χ0v) is 9.36. The summed E-state index contributed by atoms with van der Waals surface area (Å²) in [5.41, 5.74) is 0.540. The number of non-ortho nitro benzene ring substituents is 1. The van der Waals surface area contributed by atoms with E-state index in [-0.39, 0.29) is 16.6 Å². The SMILES string of the molecule is C[C@H](C#N)CNc1ccc([N+](=O)[O-])cc1Cl. The predicted octanol–water partition coefficient (Wildman–Crippen LogP) is 2.82. The fourth-order valence-corrected chi connectivity index (χ4v) is 1.31. The van der Waals surface area contributed by atoms with E-state index in [0.717, 1.165) is 0 Å². The van der Waals surface area contributed by atoms with Crippen LogP contribution in [-0.2, 0) is 0 Å².